The van der Waals surface area contributed by atoms with E-state index in [-0.39, 0.29) is 17.9 Å². The van der Waals surface area contributed by atoms with Crippen molar-refractivity contribution in [1.82, 2.24) is 15.6 Å². The molecule has 2 heterocycles. The van der Waals surface area contributed by atoms with Crippen molar-refractivity contribution in [2.24, 2.45) is 11.8 Å². The molecule has 1 aliphatic heterocycles. The first-order valence-electron chi connectivity index (χ1n) is 7.25. The molecule has 0 radical (unpaired) electrons. The van der Waals surface area contributed by atoms with Gasteiger partial charge < -0.3 is 10.6 Å². The molecule has 1 aromatic rings. The second-order valence-corrected chi connectivity index (χ2v) is 5.63. The predicted molar refractivity (Wildman–Crippen MR) is 73.4 cm³/mol. The lowest BCUT2D eigenvalue weighted by molar-refractivity contribution is -0.126. The van der Waals surface area contributed by atoms with Crippen molar-refractivity contribution in [3.8, 4) is 0 Å². The number of nitrogens with one attached hydrogen (secondary N) is 2. The molecule has 4 heteroatoms. The van der Waals surface area contributed by atoms with Crippen LogP contribution in [0.15, 0.2) is 24.5 Å². The molecular formula is C15H21N3O. The minimum Gasteiger partial charge on any atom is -0.349 e. The van der Waals surface area contributed by atoms with Gasteiger partial charge in [0.05, 0.1) is 6.04 Å². The average Bonchev–Trinajstić information content (AvgIpc) is 3.31. The van der Waals surface area contributed by atoms with Gasteiger partial charge in [-0.15, -0.1) is 0 Å². The number of carbonyl (C=O) groups is 1. The zero-order valence-electron chi connectivity index (χ0n) is 11.1. The summed E-state index contributed by atoms with van der Waals surface area (Å²) in [5.41, 5.74) is 1.19. The number of nitrogens with zero attached hydrogens (tertiary/aromatic N) is 1. The molecule has 3 rings (SSSR count). The summed E-state index contributed by atoms with van der Waals surface area (Å²) in [7, 11) is 0. The first-order chi connectivity index (χ1) is 9.34. The molecule has 1 aromatic heterocycles. The van der Waals surface area contributed by atoms with Crippen LogP contribution in [0.1, 0.15) is 37.3 Å². The van der Waals surface area contributed by atoms with E-state index in [1.54, 1.807) is 12.4 Å². The monoisotopic (exact) mass is 259 g/mol. The van der Waals surface area contributed by atoms with Gasteiger partial charge in [0.2, 0.25) is 5.91 Å². The fourth-order valence-electron chi connectivity index (χ4n) is 2.83. The highest BCUT2D eigenvalue weighted by molar-refractivity contribution is 5.79. The quantitative estimate of drug-likeness (QED) is 0.864. The van der Waals surface area contributed by atoms with E-state index in [1.807, 2.05) is 12.1 Å². The molecule has 2 N–H and O–H groups in total. The molecular weight excluding hydrogens is 238 g/mol. The van der Waals surface area contributed by atoms with Gasteiger partial charge in [0.25, 0.3) is 0 Å². The molecule has 19 heavy (non-hydrogen) atoms. The number of amides is 1. The van der Waals surface area contributed by atoms with Gasteiger partial charge in [0, 0.05) is 18.3 Å². The fourth-order valence-corrected chi connectivity index (χ4v) is 2.83. The largest absolute Gasteiger partial charge is 0.349 e. The van der Waals surface area contributed by atoms with Crippen LogP contribution in [0.25, 0.3) is 0 Å². The average molecular weight is 259 g/mol. The first-order valence-corrected chi connectivity index (χ1v) is 7.25. The number of hydrogen-bond donors (Lipinski definition) is 2. The minimum atomic E-state index is 0.185. The zero-order valence-corrected chi connectivity index (χ0v) is 11.1. The number of hydrogen-bond acceptors (Lipinski definition) is 3. The third kappa shape index (κ3) is 3.13. The van der Waals surface area contributed by atoms with Crippen LogP contribution < -0.4 is 10.6 Å². The molecule has 1 saturated heterocycles. The molecule has 0 bridgehead atoms. The molecule has 0 aromatic carbocycles. The van der Waals surface area contributed by atoms with Crippen LogP contribution in [0.4, 0.5) is 0 Å². The maximum Gasteiger partial charge on any atom is 0.223 e. The molecule has 1 aliphatic carbocycles. The van der Waals surface area contributed by atoms with Crippen LogP contribution in [0, 0.1) is 11.8 Å². The Morgan fingerprint density at radius 2 is 1.89 bits per heavy atom. The first kappa shape index (κ1) is 12.6. The number of aromatic nitrogens is 1. The van der Waals surface area contributed by atoms with Gasteiger partial charge in [-0.1, -0.05) is 0 Å². The van der Waals surface area contributed by atoms with Crippen LogP contribution in [0.5, 0.6) is 0 Å². The normalized spacial score (nSPS) is 21.9. The molecule has 1 atom stereocenters. The Balaban J connectivity index is 1.66. The summed E-state index contributed by atoms with van der Waals surface area (Å²) in [6.07, 6.45) is 7.97. The van der Waals surface area contributed by atoms with Crippen LogP contribution in [-0.2, 0) is 4.79 Å². The van der Waals surface area contributed by atoms with Gasteiger partial charge in [0.15, 0.2) is 0 Å². The van der Waals surface area contributed by atoms with Crippen molar-refractivity contribution in [2.45, 2.75) is 31.7 Å². The van der Waals surface area contributed by atoms with Crippen molar-refractivity contribution in [2.75, 3.05) is 13.1 Å². The van der Waals surface area contributed by atoms with E-state index in [1.165, 1.54) is 18.4 Å². The Labute approximate surface area is 114 Å². The van der Waals surface area contributed by atoms with Gasteiger partial charge in [0.1, 0.15) is 0 Å². The zero-order chi connectivity index (χ0) is 13.1. The van der Waals surface area contributed by atoms with E-state index in [9.17, 15) is 4.79 Å². The van der Waals surface area contributed by atoms with E-state index < -0.39 is 0 Å². The summed E-state index contributed by atoms with van der Waals surface area (Å²) >= 11 is 0. The van der Waals surface area contributed by atoms with Crippen LogP contribution in [0.3, 0.4) is 0 Å². The summed E-state index contributed by atoms with van der Waals surface area (Å²) in [6.45, 7) is 1.92. The Morgan fingerprint density at radius 3 is 2.53 bits per heavy atom. The van der Waals surface area contributed by atoms with Gasteiger partial charge in [-0.05, 0) is 62.4 Å². The summed E-state index contributed by atoms with van der Waals surface area (Å²) in [6, 6.07) is 4.22. The molecule has 2 fully saturated rings. The molecule has 1 saturated carbocycles. The summed E-state index contributed by atoms with van der Waals surface area (Å²) < 4.78 is 0. The Bertz CT molecular complexity index is 424. The topological polar surface area (TPSA) is 54.0 Å². The van der Waals surface area contributed by atoms with Gasteiger partial charge in [-0.25, -0.2) is 0 Å². The third-order valence-electron chi connectivity index (χ3n) is 4.17. The van der Waals surface area contributed by atoms with Crippen molar-refractivity contribution in [1.29, 1.82) is 0 Å². The van der Waals surface area contributed by atoms with Crippen LogP contribution in [0.2, 0.25) is 0 Å². The van der Waals surface area contributed by atoms with Gasteiger partial charge in [-0.2, -0.15) is 0 Å². The molecule has 0 unspecified atom stereocenters. The Morgan fingerprint density at radius 1 is 1.21 bits per heavy atom. The fraction of sp³-hybridized carbons (Fsp3) is 0.600. The smallest absolute Gasteiger partial charge is 0.223 e. The van der Waals surface area contributed by atoms with Crippen molar-refractivity contribution in [3.05, 3.63) is 30.1 Å². The minimum absolute atomic E-state index is 0.185. The van der Waals surface area contributed by atoms with Crippen molar-refractivity contribution < 1.29 is 4.79 Å². The van der Waals surface area contributed by atoms with Crippen molar-refractivity contribution in [3.63, 3.8) is 0 Å². The highest BCUT2D eigenvalue weighted by Gasteiger charge is 2.34. The lowest BCUT2D eigenvalue weighted by atomic mass is 9.95. The van der Waals surface area contributed by atoms with Crippen LogP contribution in [-0.4, -0.2) is 24.0 Å². The standard InChI is InChI=1S/C15H21N3O/c19-15(13-5-9-17-10-6-13)18-14(11-1-2-11)12-3-7-16-8-4-12/h3-4,7-8,11,13-14,17H,1-2,5-6,9-10H2,(H,18,19)/t14-/m0/s1. The molecule has 1 amide bonds. The van der Waals surface area contributed by atoms with Gasteiger partial charge in [-0.3, -0.25) is 9.78 Å². The van der Waals surface area contributed by atoms with Crippen molar-refractivity contribution >= 4 is 5.91 Å². The van der Waals surface area contributed by atoms with E-state index in [4.69, 9.17) is 0 Å². The predicted octanol–water partition coefficient (Wildman–Crippen LogP) is 1.65. The Hall–Kier alpha value is -1.42. The van der Waals surface area contributed by atoms with Crippen LogP contribution >= 0.6 is 0 Å². The SMILES string of the molecule is O=C(N[C@H](c1ccncc1)C1CC1)C1CCNCC1. The maximum atomic E-state index is 12.4. The highest BCUT2D eigenvalue weighted by Crippen LogP contribution is 2.41. The second-order valence-electron chi connectivity index (χ2n) is 5.63. The van der Waals surface area contributed by atoms with E-state index >= 15 is 0 Å². The number of carbonyl (C=O) groups excluding carboxylic acids is 1. The highest BCUT2D eigenvalue weighted by atomic mass is 16.1. The molecule has 102 valence electrons. The lowest BCUT2D eigenvalue weighted by Crippen LogP contribution is -2.40. The number of pyridine rings is 1. The van der Waals surface area contributed by atoms with Gasteiger partial charge >= 0.3 is 0 Å². The Kier molecular flexibility index (Phi) is 3.78. The summed E-state index contributed by atoms with van der Waals surface area (Å²) in [5.74, 6) is 1.03. The second kappa shape index (κ2) is 5.70. The number of rotatable bonds is 4. The maximum absolute atomic E-state index is 12.4. The third-order valence-corrected chi connectivity index (χ3v) is 4.17. The lowest BCUT2D eigenvalue weighted by Gasteiger charge is -2.25. The van der Waals surface area contributed by atoms with E-state index in [0.717, 1.165) is 25.9 Å². The van der Waals surface area contributed by atoms with E-state index in [2.05, 4.69) is 15.6 Å². The van der Waals surface area contributed by atoms with E-state index in [0.29, 0.717) is 5.92 Å². The summed E-state index contributed by atoms with van der Waals surface area (Å²) in [4.78, 5) is 16.4. The molecule has 2 aliphatic rings. The number of piperidine rings is 1. The molecule has 4 nitrogen and oxygen atoms in total. The summed E-state index contributed by atoms with van der Waals surface area (Å²) in [5, 5.41) is 6.57. The molecule has 0 spiro atoms.